The molecule has 0 saturated heterocycles. The van der Waals surface area contributed by atoms with Crippen molar-refractivity contribution in [2.45, 2.75) is 6.42 Å². The van der Waals surface area contributed by atoms with E-state index in [0.717, 1.165) is 10.4 Å². The molecule has 3 rings (SSSR count). The molecule has 4 nitrogen and oxygen atoms in total. The Morgan fingerprint density at radius 1 is 1.32 bits per heavy atom. The van der Waals surface area contributed by atoms with Gasteiger partial charge in [-0.2, -0.15) is 0 Å². The summed E-state index contributed by atoms with van der Waals surface area (Å²) in [6.45, 7) is 0. The van der Waals surface area contributed by atoms with Crippen LogP contribution in [0.4, 0.5) is 5.13 Å². The quantitative estimate of drug-likeness (QED) is 0.727. The Balaban J connectivity index is 1.71. The number of nitrogens with one attached hydrogen (secondary N) is 1. The normalized spacial score (nSPS) is 10.6. The molecule has 0 bridgehead atoms. The Bertz CT molecular complexity index is 800. The fraction of sp³-hybridized carbons (Fsp3) is 0.0667. The van der Waals surface area contributed by atoms with Crippen molar-refractivity contribution in [1.29, 1.82) is 0 Å². The number of aromatic nitrogens is 1. The number of carbonyl (C=O) groups excluding carboxylic acids is 1. The van der Waals surface area contributed by atoms with Crippen LogP contribution in [0.3, 0.4) is 0 Å². The molecule has 1 amide bonds. The van der Waals surface area contributed by atoms with Crippen LogP contribution in [0.25, 0.3) is 0 Å². The summed E-state index contributed by atoms with van der Waals surface area (Å²) in [5, 5.41) is 4.32. The third-order valence-corrected chi connectivity index (χ3v) is 4.72. The summed E-state index contributed by atoms with van der Waals surface area (Å²) in [5.41, 5.74) is 1.38. The van der Waals surface area contributed by atoms with E-state index in [0.29, 0.717) is 27.2 Å². The summed E-state index contributed by atoms with van der Waals surface area (Å²) >= 11 is 13.6. The molecule has 0 unspecified atom stereocenters. The lowest BCUT2D eigenvalue weighted by Gasteiger charge is -2.03. The average molecular weight is 353 g/mol. The van der Waals surface area contributed by atoms with Gasteiger partial charge in [-0.15, -0.1) is 11.3 Å². The van der Waals surface area contributed by atoms with Crippen molar-refractivity contribution in [1.82, 2.24) is 4.98 Å². The van der Waals surface area contributed by atoms with E-state index in [4.69, 9.17) is 27.6 Å². The number of halogens is 2. The van der Waals surface area contributed by atoms with Gasteiger partial charge in [0.2, 0.25) is 0 Å². The number of amides is 1. The van der Waals surface area contributed by atoms with Crippen LogP contribution in [0.1, 0.15) is 20.8 Å². The van der Waals surface area contributed by atoms with Gasteiger partial charge in [-0.3, -0.25) is 10.1 Å². The molecule has 0 aliphatic carbocycles. The van der Waals surface area contributed by atoms with Crippen molar-refractivity contribution in [3.63, 3.8) is 0 Å². The third-order valence-electron chi connectivity index (χ3n) is 2.95. The van der Waals surface area contributed by atoms with Gasteiger partial charge in [0.05, 0.1) is 21.9 Å². The summed E-state index contributed by atoms with van der Waals surface area (Å²) in [7, 11) is 0. The van der Waals surface area contributed by atoms with Crippen molar-refractivity contribution in [3.05, 3.63) is 69.0 Å². The van der Waals surface area contributed by atoms with Crippen LogP contribution >= 0.6 is 34.5 Å². The van der Waals surface area contributed by atoms with Crippen molar-refractivity contribution in [3.8, 4) is 0 Å². The largest absolute Gasteiger partial charge is 0.472 e. The van der Waals surface area contributed by atoms with Crippen molar-refractivity contribution in [2.24, 2.45) is 0 Å². The number of carbonyl (C=O) groups is 1. The Morgan fingerprint density at radius 3 is 2.95 bits per heavy atom. The molecule has 7 heteroatoms. The molecule has 2 heterocycles. The number of thiazole rings is 1. The average Bonchev–Trinajstić information content (AvgIpc) is 3.15. The number of benzene rings is 1. The van der Waals surface area contributed by atoms with E-state index in [1.54, 1.807) is 18.3 Å². The summed E-state index contributed by atoms with van der Waals surface area (Å²) in [6, 6.07) is 7.11. The van der Waals surface area contributed by atoms with Gasteiger partial charge >= 0.3 is 0 Å². The molecule has 1 N–H and O–H groups in total. The lowest BCUT2D eigenvalue weighted by Crippen LogP contribution is -2.10. The molecule has 0 radical (unpaired) electrons. The minimum atomic E-state index is -0.254. The highest BCUT2D eigenvalue weighted by Crippen LogP contribution is 2.29. The maximum atomic E-state index is 11.9. The Morgan fingerprint density at radius 2 is 2.18 bits per heavy atom. The Hall–Kier alpha value is -1.82. The van der Waals surface area contributed by atoms with E-state index in [-0.39, 0.29) is 5.91 Å². The second-order valence-corrected chi connectivity index (χ2v) is 6.39. The van der Waals surface area contributed by atoms with E-state index < -0.39 is 0 Å². The molecule has 0 atom stereocenters. The number of anilines is 1. The molecule has 22 heavy (non-hydrogen) atoms. The number of nitrogens with zero attached hydrogens (tertiary/aromatic N) is 1. The number of furan rings is 1. The molecule has 1 aromatic carbocycles. The monoisotopic (exact) mass is 352 g/mol. The van der Waals surface area contributed by atoms with E-state index in [1.165, 1.54) is 23.9 Å². The molecular formula is C15H10Cl2N2O2S. The van der Waals surface area contributed by atoms with Gasteiger partial charge in [-0.05, 0) is 17.7 Å². The fourth-order valence-corrected chi connectivity index (χ4v) is 3.10. The Labute approximate surface area is 140 Å². The van der Waals surface area contributed by atoms with Gasteiger partial charge in [-0.1, -0.05) is 35.3 Å². The number of rotatable bonds is 4. The van der Waals surface area contributed by atoms with Gasteiger partial charge < -0.3 is 4.42 Å². The van der Waals surface area contributed by atoms with Gasteiger partial charge in [-0.25, -0.2) is 4.98 Å². The van der Waals surface area contributed by atoms with Gasteiger partial charge in [0.25, 0.3) is 5.91 Å². The van der Waals surface area contributed by atoms with Crippen LogP contribution in [0.2, 0.25) is 10.0 Å². The van der Waals surface area contributed by atoms with Gasteiger partial charge in [0.15, 0.2) is 5.13 Å². The first-order chi connectivity index (χ1) is 10.6. The minimum Gasteiger partial charge on any atom is -0.472 e. The van der Waals surface area contributed by atoms with Crippen LogP contribution in [0.15, 0.2) is 47.4 Å². The van der Waals surface area contributed by atoms with Crippen LogP contribution in [0.5, 0.6) is 0 Å². The summed E-state index contributed by atoms with van der Waals surface area (Å²) in [6.07, 6.45) is 5.16. The molecule has 0 spiro atoms. The SMILES string of the molecule is O=C(Nc1ncc(Cc2cccc(Cl)c2Cl)s1)c1ccoc1. The highest BCUT2D eigenvalue weighted by atomic mass is 35.5. The van der Waals surface area contributed by atoms with Crippen LogP contribution in [-0.2, 0) is 6.42 Å². The topological polar surface area (TPSA) is 55.1 Å². The summed E-state index contributed by atoms with van der Waals surface area (Å²) in [5.74, 6) is -0.254. The van der Waals surface area contributed by atoms with Crippen LogP contribution in [-0.4, -0.2) is 10.9 Å². The zero-order chi connectivity index (χ0) is 15.5. The predicted octanol–water partition coefficient (Wildman–Crippen LogP) is 4.89. The Kier molecular flexibility index (Phi) is 4.47. The molecule has 112 valence electrons. The second kappa shape index (κ2) is 6.52. The molecular weight excluding hydrogens is 343 g/mol. The van der Waals surface area contributed by atoms with Crippen molar-refractivity contribution in [2.75, 3.05) is 5.32 Å². The second-order valence-electron chi connectivity index (χ2n) is 4.49. The molecule has 0 aliphatic heterocycles. The standard InChI is InChI=1S/C15H10Cl2N2O2S/c16-12-3-1-2-9(13(12)17)6-11-7-18-15(22-11)19-14(20)10-4-5-21-8-10/h1-5,7-8H,6H2,(H,18,19,20). The summed E-state index contributed by atoms with van der Waals surface area (Å²) in [4.78, 5) is 17.1. The van der Waals surface area contributed by atoms with Gasteiger partial charge in [0.1, 0.15) is 6.26 Å². The van der Waals surface area contributed by atoms with Gasteiger partial charge in [0, 0.05) is 17.5 Å². The minimum absolute atomic E-state index is 0.254. The zero-order valence-electron chi connectivity index (χ0n) is 11.2. The maximum absolute atomic E-state index is 11.9. The number of hydrogen-bond acceptors (Lipinski definition) is 4. The van der Waals surface area contributed by atoms with E-state index in [9.17, 15) is 4.79 Å². The van der Waals surface area contributed by atoms with Crippen LogP contribution in [0, 0.1) is 0 Å². The van der Waals surface area contributed by atoms with Crippen molar-refractivity contribution < 1.29 is 9.21 Å². The first kappa shape index (κ1) is 15.1. The summed E-state index contributed by atoms with van der Waals surface area (Å²) < 4.78 is 4.88. The fourth-order valence-electron chi connectivity index (χ4n) is 1.88. The van der Waals surface area contributed by atoms with E-state index in [1.807, 2.05) is 12.1 Å². The third kappa shape index (κ3) is 3.32. The smallest absolute Gasteiger partial charge is 0.260 e. The molecule has 3 aromatic rings. The highest BCUT2D eigenvalue weighted by Gasteiger charge is 2.11. The number of hydrogen-bond donors (Lipinski definition) is 1. The molecule has 0 saturated carbocycles. The lowest BCUT2D eigenvalue weighted by molar-refractivity contribution is 0.102. The zero-order valence-corrected chi connectivity index (χ0v) is 13.5. The molecule has 2 aromatic heterocycles. The van der Waals surface area contributed by atoms with Crippen molar-refractivity contribution >= 4 is 45.6 Å². The highest BCUT2D eigenvalue weighted by molar-refractivity contribution is 7.15. The van der Waals surface area contributed by atoms with E-state index >= 15 is 0 Å². The first-order valence-corrected chi connectivity index (χ1v) is 7.92. The van der Waals surface area contributed by atoms with E-state index in [2.05, 4.69) is 10.3 Å². The van der Waals surface area contributed by atoms with Crippen LogP contribution < -0.4 is 5.32 Å². The first-order valence-electron chi connectivity index (χ1n) is 6.34. The molecule has 0 aliphatic rings. The maximum Gasteiger partial charge on any atom is 0.260 e. The lowest BCUT2D eigenvalue weighted by atomic mass is 10.1. The predicted molar refractivity (Wildman–Crippen MR) is 88.0 cm³/mol. The molecule has 0 fully saturated rings.